The number of fused-ring (bicyclic) bond motifs is 5. The van der Waals surface area contributed by atoms with E-state index in [1.54, 1.807) is 6.21 Å². The smallest absolute Gasteiger partial charge is 0.238 e. The summed E-state index contributed by atoms with van der Waals surface area (Å²) in [5.41, 5.74) is 4.89. The molecule has 2 fully saturated rings. The molecule has 3 atom stereocenters. The van der Waals surface area contributed by atoms with Gasteiger partial charge in [-0.3, -0.25) is 0 Å². The predicted molar refractivity (Wildman–Crippen MR) is 114 cm³/mol. The van der Waals surface area contributed by atoms with Crippen molar-refractivity contribution in [1.29, 1.82) is 0 Å². The normalized spacial score (nSPS) is 29.1. The van der Waals surface area contributed by atoms with E-state index in [4.69, 9.17) is 0 Å². The Hall–Kier alpha value is -2.37. The van der Waals surface area contributed by atoms with Crippen LogP contribution in [0.3, 0.4) is 0 Å². The van der Waals surface area contributed by atoms with Crippen LogP contribution in [0.4, 0.5) is 5.69 Å². The van der Waals surface area contributed by atoms with Crippen molar-refractivity contribution in [3.8, 4) is 0 Å². The summed E-state index contributed by atoms with van der Waals surface area (Å²) in [5, 5.41) is 18.2. The van der Waals surface area contributed by atoms with E-state index in [1.165, 1.54) is 42.6 Å². The number of aliphatic hydroxyl groups is 1. The van der Waals surface area contributed by atoms with Crippen LogP contribution >= 0.6 is 0 Å². The molecule has 1 heterocycles. The second-order valence-corrected chi connectivity index (χ2v) is 8.23. The molecule has 1 radical (unpaired) electrons. The van der Waals surface area contributed by atoms with E-state index < -0.39 is 0 Å². The number of hydrogen-bond donors (Lipinski definition) is 1. The first-order valence-electron chi connectivity index (χ1n) is 10.1. The van der Waals surface area contributed by atoms with Crippen LogP contribution in [0, 0.1) is 11.8 Å². The summed E-state index contributed by atoms with van der Waals surface area (Å²) in [6.45, 7) is 0. The van der Waals surface area contributed by atoms with Crippen molar-refractivity contribution in [3.05, 3.63) is 77.5 Å². The fourth-order valence-corrected chi connectivity index (χ4v) is 5.78. The monoisotopic (exact) mass is 430 g/mol. The Morgan fingerprint density at radius 2 is 1.86 bits per heavy atom. The van der Waals surface area contributed by atoms with E-state index >= 15 is 0 Å². The molecule has 2 saturated carbocycles. The number of nitrogens with zero attached hydrogens (tertiary/aromatic N) is 3. The van der Waals surface area contributed by atoms with E-state index in [0.717, 1.165) is 5.92 Å². The zero-order chi connectivity index (χ0) is 19.1. The largest absolute Gasteiger partial charge is 0.492 e. The minimum atomic E-state index is -0.0621. The van der Waals surface area contributed by atoms with Gasteiger partial charge in [-0.15, -0.1) is 5.10 Å². The predicted octanol–water partition coefficient (Wildman–Crippen LogP) is 5.07. The molecule has 2 bridgehead atoms. The number of rotatable bonds is 3. The van der Waals surface area contributed by atoms with Crippen LogP contribution in [0.2, 0.25) is 0 Å². The Kier molecular flexibility index (Phi) is 5.36. The quantitative estimate of drug-likeness (QED) is 0.420. The van der Waals surface area contributed by atoms with Gasteiger partial charge in [-0.2, -0.15) is 5.10 Å². The summed E-state index contributed by atoms with van der Waals surface area (Å²) in [7, 11) is 2.16. The van der Waals surface area contributed by atoms with Gasteiger partial charge in [-0.05, 0) is 60.9 Å². The Balaban J connectivity index is 0.00000205. The van der Waals surface area contributed by atoms with E-state index in [1.807, 2.05) is 30.3 Å². The number of anilines is 1. The molecule has 29 heavy (non-hydrogen) atoms. The number of likely N-dealkylation sites (N-methyl/N-ethyl adjacent to an activating group) is 1. The number of aliphatic hydroxyl groups excluding tert-OH is 1. The standard InChI is InChI=1S/C24H25N3O.Co/c1-27-21-10-6-5-9-20(21)24(16-17-11-12-19(24)15-17)22(27)13-14-25-26-23(28)18-7-3-2-4-8-18;/h2-10,13-14,17,19H,11-12,15-16H2,1H3,(H,26,28);/b22-13-,25-14+;. The average Bonchev–Trinajstić information content (AvgIpc) is 3.41. The third-order valence-corrected chi connectivity index (χ3v) is 6.90. The van der Waals surface area contributed by atoms with Crippen molar-refractivity contribution >= 4 is 17.8 Å². The van der Waals surface area contributed by atoms with Crippen molar-refractivity contribution in [3.63, 3.8) is 0 Å². The van der Waals surface area contributed by atoms with Gasteiger partial charge in [0.25, 0.3) is 0 Å². The summed E-state index contributed by atoms with van der Waals surface area (Å²) in [5.74, 6) is 1.49. The Morgan fingerprint density at radius 3 is 2.59 bits per heavy atom. The molecular formula is C24H25CoN3O. The SMILES string of the molecule is CN1\C(=C/C=N/N=C(\O)c2ccccc2)C2(CC3CCC2C3)c2ccccc21.[Co]. The van der Waals surface area contributed by atoms with Crippen LogP contribution in [0.5, 0.6) is 0 Å². The molecule has 3 aliphatic rings. The second-order valence-electron chi connectivity index (χ2n) is 8.23. The van der Waals surface area contributed by atoms with Gasteiger partial charge in [0.15, 0.2) is 0 Å². The van der Waals surface area contributed by atoms with Gasteiger partial charge in [0.05, 0.1) is 6.21 Å². The van der Waals surface area contributed by atoms with Crippen LogP contribution in [0.1, 0.15) is 36.8 Å². The minimum absolute atomic E-state index is 0. The number of benzene rings is 2. The molecule has 2 aromatic carbocycles. The van der Waals surface area contributed by atoms with Crippen molar-refractivity contribution in [2.24, 2.45) is 22.0 Å². The van der Waals surface area contributed by atoms with Crippen LogP contribution in [-0.2, 0) is 22.2 Å². The Bertz CT molecular complexity index is 985. The molecule has 1 aliphatic heterocycles. The molecule has 2 aliphatic carbocycles. The molecule has 1 N–H and O–H groups in total. The van der Waals surface area contributed by atoms with E-state index in [0.29, 0.717) is 11.5 Å². The third kappa shape index (κ3) is 3.13. The number of para-hydroxylation sites is 1. The van der Waals surface area contributed by atoms with Gasteiger partial charge in [0, 0.05) is 46.2 Å². The summed E-state index contributed by atoms with van der Waals surface area (Å²) >= 11 is 0. The van der Waals surface area contributed by atoms with Gasteiger partial charge >= 0.3 is 0 Å². The molecule has 0 amide bonds. The Labute approximate surface area is 182 Å². The molecule has 0 saturated heterocycles. The molecule has 0 aromatic heterocycles. The van der Waals surface area contributed by atoms with Gasteiger partial charge < -0.3 is 10.0 Å². The molecule has 151 valence electrons. The van der Waals surface area contributed by atoms with Crippen LogP contribution < -0.4 is 4.90 Å². The molecule has 2 aromatic rings. The molecular weight excluding hydrogens is 405 g/mol. The zero-order valence-corrected chi connectivity index (χ0v) is 17.5. The summed E-state index contributed by atoms with van der Waals surface area (Å²) in [6, 6.07) is 18.1. The average molecular weight is 430 g/mol. The van der Waals surface area contributed by atoms with E-state index in [2.05, 4.69) is 52.5 Å². The molecule has 1 spiro atoms. The fourth-order valence-electron chi connectivity index (χ4n) is 5.78. The number of hydrogen-bond acceptors (Lipinski definition) is 3. The van der Waals surface area contributed by atoms with Crippen LogP contribution in [0.25, 0.3) is 0 Å². The van der Waals surface area contributed by atoms with Crippen molar-refractivity contribution in [1.82, 2.24) is 0 Å². The van der Waals surface area contributed by atoms with Crippen LogP contribution in [-0.4, -0.2) is 24.3 Å². The third-order valence-electron chi connectivity index (χ3n) is 6.90. The maximum Gasteiger partial charge on any atom is 0.238 e. The summed E-state index contributed by atoms with van der Waals surface area (Å²) < 4.78 is 0. The van der Waals surface area contributed by atoms with Gasteiger partial charge in [0.2, 0.25) is 5.90 Å². The van der Waals surface area contributed by atoms with Crippen molar-refractivity contribution < 1.29 is 21.9 Å². The van der Waals surface area contributed by atoms with Crippen molar-refractivity contribution in [2.45, 2.75) is 31.1 Å². The summed E-state index contributed by atoms with van der Waals surface area (Å²) in [6.07, 6.45) is 9.08. The van der Waals surface area contributed by atoms with Gasteiger partial charge in [-0.25, -0.2) is 0 Å². The molecule has 5 rings (SSSR count). The Morgan fingerprint density at radius 1 is 1.10 bits per heavy atom. The van der Waals surface area contributed by atoms with E-state index in [9.17, 15) is 5.11 Å². The molecule has 5 heteroatoms. The maximum atomic E-state index is 10.1. The molecule has 3 unspecified atom stereocenters. The number of allylic oxidation sites excluding steroid dienone is 2. The first-order valence-corrected chi connectivity index (χ1v) is 10.1. The molecule has 4 nitrogen and oxygen atoms in total. The second kappa shape index (κ2) is 7.80. The first-order chi connectivity index (χ1) is 13.7. The zero-order valence-electron chi connectivity index (χ0n) is 16.5. The van der Waals surface area contributed by atoms with E-state index in [-0.39, 0.29) is 28.1 Å². The fraction of sp³-hybridized carbons (Fsp3) is 0.333. The van der Waals surface area contributed by atoms with Crippen LogP contribution in [0.15, 0.2) is 76.6 Å². The minimum Gasteiger partial charge on any atom is -0.492 e. The first kappa shape index (κ1) is 19.9. The van der Waals surface area contributed by atoms with Crippen molar-refractivity contribution in [2.75, 3.05) is 11.9 Å². The summed E-state index contributed by atoms with van der Waals surface area (Å²) in [4.78, 5) is 2.32. The van der Waals surface area contributed by atoms with Gasteiger partial charge in [-0.1, -0.05) is 42.8 Å². The van der Waals surface area contributed by atoms with Gasteiger partial charge in [0.1, 0.15) is 0 Å². The topological polar surface area (TPSA) is 48.2 Å². The maximum absolute atomic E-state index is 10.1.